The van der Waals surface area contributed by atoms with Gasteiger partial charge in [0.25, 0.3) is 0 Å². The summed E-state index contributed by atoms with van der Waals surface area (Å²) in [5.74, 6) is -0.325. The van der Waals surface area contributed by atoms with Crippen LogP contribution >= 0.6 is 0 Å². The van der Waals surface area contributed by atoms with Crippen LogP contribution in [0.3, 0.4) is 0 Å². The van der Waals surface area contributed by atoms with Crippen LogP contribution in [0.1, 0.15) is 19.4 Å². The molecular formula is C12H16N2O2. The summed E-state index contributed by atoms with van der Waals surface area (Å²) in [4.78, 5) is 11.3. The van der Waals surface area contributed by atoms with Gasteiger partial charge in [-0.1, -0.05) is 6.07 Å². The van der Waals surface area contributed by atoms with Crippen molar-refractivity contribution in [1.29, 1.82) is 0 Å². The SMILES string of the molecule is CNC(C)(C)c1ccc2c(c1)oc(=O)n2C. The summed E-state index contributed by atoms with van der Waals surface area (Å²) in [5, 5.41) is 3.22. The highest BCUT2D eigenvalue weighted by Gasteiger charge is 2.19. The van der Waals surface area contributed by atoms with E-state index in [4.69, 9.17) is 4.42 Å². The molecule has 0 fully saturated rings. The molecule has 0 bridgehead atoms. The van der Waals surface area contributed by atoms with Crippen molar-refractivity contribution < 1.29 is 4.42 Å². The Morgan fingerprint density at radius 1 is 1.38 bits per heavy atom. The molecule has 0 aliphatic rings. The zero-order chi connectivity index (χ0) is 11.9. The van der Waals surface area contributed by atoms with Crippen molar-refractivity contribution in [3.05, 3.63) is 34.3 Å². The smallest absolute Gasteiger partial charge is 0.408 e. The molecule has 0 saturated carbocycles. The number of fused-ring (bicyclic) bond motifs is 1. The first-order valence-electron chi connectivity index (χ1n) is 5.24. The monoisotopic (exact) mass is 220 g/mol. The molecule has 0 radical (unpaired) electrons. The Balaban J connectivity index is 2.66. The minimum Gasteiger partial charge on any atom is -0.408 e. The fourth-order valence-corrected chi connectivity index (χ4v) is 1.67. The number of hydrogen-bond acceptors (Lipinski definition) is 3. The molecule has 0 saturated heterocycles. The van der Waals surface area contributed by atoms with E-state index in [1.807, 2.05) is 25.2 Å². The lowest BCUT2D eigenvalue weighted by Crippen LogP contribution is -2.32. The van der Waals surface area contributed by atoms with Crippen molar-refractivity contribution in [3.8, 4) is 0 Å². The fraction of sp³-hybridized carbons (Fsp3) is 0.417. The Morgan fingerprint density at radius 2 is 2.06 bits per heavy atom. The first-order chi connectivity index (χ1) is 7.45. The number of aryl methyl sites for hydroxylation is 1. The molecule has 1 aromatic heterocycles. The van der Waals surface area contributed by atoms with Gasteiger partial charge < -0.3 is 9.73 Å². The molecule has 0 aliphatic heterocycles. The van der Waals surface area contributed by atoms with E-state index in [0.717, 1.165) is 11.1 Å². The third kappa shape index (κ3) is 1.55. The zero-order valence-electron chi connectivity index (χ0n) is 10.00. The molecule has 86 valence electrons. The van der Waals surface area contributed by atoms with Crippen molar-refractivity contribution in [1.82, 2.24) is 9.88 Å². The predicted octanol–water partition coefficient (Wildman–Crippen LogP) is 1.59. The number of hydrogen-bond donors (Lipinski definition) is 1. The molecule has 1 heterocycles. The van der Waals surface area contributed by atoms with Crippen molar-refractivity contribution in [2.45, 2.75) is 19.4 Å². The highest BCUT2D eigenvalue weighted by Crippen LogP contribution is 2.23. The fourth-order valence-electron chi connectivity index (χ4n) is 1.67. The number of rotatable bonds is 2. The van der Waals surface area contributed by atoms with Gasteiger partial charge in [0.15, 0.2) is 5.58 Å². The predicted molar refractivity (Wildman–Crippen MR) is 63.5 cm³/mol. The number of nitrogens with one attached hydrogen (secondary N) is 1. The maximum absolute atomic E-state index is 11.3. The van der Waals surface area contributed by atoms with Gasteiger partial charge >= 0.3 is 5.76 Å². The summed E-state index contributed by atoms with van der Waals surface area (Å²) >= 11 is 0. The lowest BCUT2D eigenvalue weighted by molar-refractivity contribution is 0.444. The average Bonchev–Trinajstić information content (AvgIpc) is 2.54. The van der Waals surface area contributed by atoms with Crippen molar-refractivity contribution >= 4 is 11.1 Å². The second-order valence-corrected chi connectivity index (χ2v) is 4.48. The van der Waals surface area contributed by atoms with E-state index in [-0.39, 0.29) is 11.3 Å². The van der Waals surface area contributed by atoms with Gasteiger partial charge in [0, 0.05) is 12.6 Å². The number of benzene rings is 1. The van der Waals surface area contributed by atoms with Gasteiger partial charge in [0.1, 0.15) is 0 Å². The van der Waals surface area contributed by atoms with Gasteiger partial charge in [0.05, 0.1) is 5.52 Å². The van der Waals surface area contributed by atoms with Gasteiger partial charge in [-0.3, -0.25) is 4.57 Å². The molecule has 0 spiro atoms. The Kier molecular flexibility index (Phi) is 2.39. The number of nitrogens with zero attached hydrogens (tertiary/aromatic N) is 1. The van der Waals surface area contributed by atoms with E-state index in [2.05, 4.69) is 19.2 Å². The molecule has 0 amide bonds. The van der Waals surface area contributed by atoms with Crippen LogP contribution in [0.25, 0.3) is 11.1 Å². The van der Waals surface area contributed by atoms with Gasteiger partial charge in [-0.25, -0.2) is 4.79 Å². The molecule has 0 atom stereocenters. The molecule has 4 nitrogen and oxygen atoms in total. The van der Waals surface area contributed by atoms with Crippen LogP contribution in [-0.4, -0.2) is 11.6 Å². The molecule has 2 rings (SSSR count). The van der Waals surface area contributed by atoms with Gasteiger partial charge in [-0.2, -0.15) is 0 Å². The summed E-state index contributed by atoms with van der Waals surface area (Å²) in [7, 11) is 3.61. The van der Waals surface area contributed by atoms with Crippen LogP contribution in [-0.2, 0) is 12.6 Å². The molecular weight excluding hydrogens is 204 g/mol. The highest BCUT2D eigenvalue weighted by molar-refractivity contribution is 5.74. The van der Waals surface area contributed by atoms with Crippen molar-refractivity contribution in [3.63, 3.8) is 0 Å². The lowest BCUT2D eigenvalue weighted by Gasteiger charge is -2.24. The van der Waals surface area contributed by atoms with E-state index in [0.29, 0.717) is 5.58 Å². The van der Waals surface area contributed by atoms with E-state index in [9.17, 15) is 4.79 Å². The molecule has 2 aromatic rings. The van der Waals surface area contributed by atoms with Gasteiger partial charge in [-0.05, 0) is 38.6 Å². The minimum atomic E-state index is -0.325. The van der Waals surface area contributed by atoms with Crippen LogP contribution in [0.2, 0.25) is 0 Å². The van der Waals surface area contributed by atoms with E-state index in [1.54, 1.807) is 7.05 Å². The molecule has 4 heteroatoms. The summed E-state index contributed by atoms with van der Waals surface area (Å²) < 4.78 is 6.66. The molecule has 1 N–H and O–H groups in total. The number of aromatic nitrogens is 1. The van der Waals surface area contributed by atoms with Crippen LogP contribution < -0.4 is 11.1 Å². The van der Waals surface area contributed by atoms with Crippen LogP contribution in [0, 0.1) is 0 Å². The van der Waals surface area contributed by atoms with Crippen molar-refractivity contribution in [2.24, 2.45) is 7.05 Å². The second kappa shape index (κ2) is 3.49. The molecule has 0 unspecified atom stereocenters. The summed E-state index contributed by atoms with van der Waals surface area (Å²) in [6.07, 6.45) is 0. The van der Waals surface area contributed by atoms with Crippen LogP contribution in [0.4, 0.5) is 0 Å². The topological polar surface area (TPSA) is 47.2 Å². The Labute approximate surface area is 93.9 Å². The first-order valence-corrected chi connectivity index (χ1v) is 5.24. The van der Waals surface area contributed by atoms with Gasteiger partial charge in [-0.15, -0.1) is 0 Å². The zero-order valence-corrected chi connectivity index (χ0v) is 10.00. The Bertz CT molecular complexity index is 578. The third-order valence-corrected chi connectivity index (χ3v) is 3.14. The van der Waals surface area contributed by atoms with Gasteiger partial charge in [0.2, 0.25) is 0 Å². The quantitative estimate of drug-likeness (QED) is 0.836. The highest BCUT2D eigenvalue weighted by atomic mass is 16.4. The Morgan fingerprint density at radius 3 is 2.69 bits per heavy atom. The van der Waals surface area contributed by atoms with E-state index < -0.39 is 0 Å². The first kappa shape index (κ1) is 11.0. The summed E-state index contributed by atoms with van der Waals surface area (Å²) in [5.41, 5.74) is 2.41. The second-order valence-electron chi connectivity index (χ2n) is 4.48. The molecule has 16 heavy (non-hydrogen) atoms. The lowest BCUT2D eigenvalue weighted by atomic mass is 9.94. The van der Waals surface area contributed by atoms with E-state index in [1.165, 1.54) is 4.57 Å². The van der Waals surface area contributed by atoms with Crippen LogP contribution in [0.15, 0.2) is 27.4 Å². The maximum atomic E-state index is 11.3. The largest absolute Gasteiger partial charge is 0.419 e. The minimum absolute atomic E-state index is 0.136. The number of oxazole rings is 1. The summed E-state index contributed by atoms with van der Waals surface area (Å²) in [6, 6.07) is 5.83. The summed E-state index contributed by atoms with van der Waals surface area (Å²) in [6.45, 7) is 4.16. The van der Waals surface area contributed by atoms with Crippen LogP contribution in [0.5, 0.6) is 0 Å². The Hall–Kier alpha value is -1.55. The van der Waals surface area contributed by atoms with E-state index >= 15 is 0 Å². The average molecular weight is 220 g/mol. The third-order valence-electron chi connectivity index (χ3n) is 3.14. The molecule has 0 aliphatic carbocycles. The standard InChI is InChI=1S/C12H16N2O2/c1-12(2,13-3)8-5-6-9-10(7-8)16-11(15)14(9)4/h5-7,13H,1-4H3. The normalized spacial score (nSPS) is 12.2. The molecule has 1 aromatic carbocycles. The maximum Gasteiger partial charge on any atom is 0.419 e. The van der Waals surface area contributed by atoms with Crippen molar-refractivity contribution in [2.75, 3.05) is 7.05 Å².